The zero-order valence-corrected chi connectivity index (χ0v) is 9.90. The lowest BCUT2D eigenvalue weighted by Crippen LogP contribution is -2.15. The molecule has 1 aliphatic heterocycles. The first kappa shape index (κ1) is 10.5. The highest BCUT2D eigenvalue weighted by Crippen LogP contribution is 2.36. The van der Waals surface area contributed by atoms with Gasteiger partial charge in [-0.15, -0.1) is 0 Å². The molecule has 0 radical (unpaired) electrons. The summed E-state index contributed by atoms with van der Waals surface area (Å²) in [5.41, 5.74) is 8.06. The van der Waals surface area contributed by atoms with Crippen LogP contribution >= 0.6 is 0 Å². The molecular formula is C13H16N2O2. The molecule has 0 fully saturated rings. The Morgan fingerprint density at radius 2 is 1.94 bits per heavy atom. The van der Waals surface area contributed by atoms with Gasteiger partial charge in [0.1, 0.15) is 13.2 Å². The highest BCUT2D eigenvalue weighted by molar-refractivity contribution is 5.87. The Balaban J connectivity index is 2.20. The molecule has 0 spiro atoms. The number of hydrogen-bond acceptors (Lipinski definition) is 3. The second-order valence-corrected chi connectivity index (χ2v) is 4.32. The maximum atomic E-state index is 5.63. The van der Waals surface area contributed by atoms with Crippen molar-refractivity contribution in [3.05, 3.63) is 23.9 Å². The summed E-state index contributed by atoms with van der Waals surface area (Å²) in [6.07, 6.45) is 3.01. The van der Waals surface area contributed by atoms with E-state index in [0.29, 0.717) is 19.8 Å². The fourth-order valence-electron chi connectivity index (χ4n) is 2.35. The first-order valence-corrected chi connectivity index (χ1v) is 5.87. The molecule has 1 aliphatic rings. The summed E-state index contributed by atoms with van der Waals surface area (Å²) in [6.45, 7) is 1.91. The molecule has 2 heterocycles. The molecule has 0 atom stereocenters. The number of ether oxygens (including phenoxy) is 2. The summed E-state index contributed by atoms with van der Waals surface area (Å²) < 4.78 is 13.3. The van der Waals surface area contributed by atoms with Gasteiger partial charge in [0, 0.05) is 24.7 Å². The van der Waals surface area contributed by atoms with Crippen molar-refractivity contribution in [1.29, 1.82) is 0 Å². The van der Waals surface area contributed by atoms with Crippen molar-refractivity contribution in [2.75, 3.05) is 19.8 Å². The van der Waals surface area contributed by atoms with Crippen molar-refractivity contribution in [2.24, 2.45) is 12.8 Å². The lowest BCUT2D eigenvalue weighted by Gasteiger charge is -2.18. The van der Waals surface area contributed by atoms with Crippen molar-refractivity contribution >= 4 is 10.9 Å². The van der Waals surface area contributed by atoms with Crippen LogP contribution in [0.4, 0.5) is 0 Å². The Bertz CT molecular complexity index is 560. The van der Waals surface area contributed by atoms with E-state index in [-0.39, 0.29) is 0 Å². The number of nitrogens with two attached hydrogens (primary N) is 1. The molecule has 4 nitrogen and oxygen atoms in total. The van der Waals surface area contributed by atoms with Crippen LogP contribution in [0.1, 0.15) is 5.56 Å². The second kappa shape index (κ2) is 3.96. The van der Waals surface area contributed by atoms with Gasteiger partial charge in [-0.2, -0.15) is 0 Å². The van der Waals surface area contributed by atoms with E-state index >= 15 is 0 Å². The lowest BCUT2D eigenvalue weighted by molar-refractivity contribution is 0.172. The van der Waals surface area contributed by atoms with Crippen LogP contribution < -0.4 is 15.2 Å². The first-order valence-electron chi connectivity index (χ1n) is 5.87. The maximum Gasteiger partial charge on any atom is 0.163 e. The third-order valence-electron chi connectivity index (χ3n) is 3.15. The van der Waals surface area contributed by atoms with Gasteiger partial charge in [-0.1, -0.05) is 0 Å². The Morgan fingerprint density at radius 1 is 1.24 bits per heavy atom. The minimum absolute atomic E-state index is 0.623. The molecule has 0 aliphatic carbocycles. The molecule has 0 saturated heterocycles. The van der Waals surface area contributed by atoms with Gasteiger partial charge in [0.25, 0.3) is 0 Å². The molecule has 17 heavy (non-hydrogen) atoms. The van der Waals surface area contributed by atoms with Crippen LogP contribution in [0.5, 0.6) is 11.5 Å². The topological polar surface area (TPSA) is 49.4 Å². The number of benzene rings is 1. The molecule has 4 heteroatoms. The zero-order chi connectivity index (χ0) is 11.8. The van der Waals surface area contributed by atoms with Crippen LogP contribution in [0.2, 0.25) is 0 Å². The van der Waals surface area contributed by atoms with Gasteiger partial charge in [0.05, 0.1) is 5.52 Å². The smallest absolute Gasteiger partial charge is 0.163 e. The zero-order valence-electron chi connectivity index (χ0n) is 9.90. The Kier molecular flexibility index (Phi) is 2.44. The molecule has 2 N–H and O–H groups in total. The monoisotopic (exact) mass is 232 g/mol. The van der Waals surface area contributed by atoms with Gasteiger partial charge in [-0.3, -0.25) is 0 Å². The molecule has 90 valence electrons. The molecule has 0 unspecified atom stereocenters. The summed E-state index contributed by atoms with van der Waals surface area (Å²) in [5.74, 6) is 1.68. The summed E-state index contributed by atoms with van der Waals surface area (Å²) in [5, 5.41) is 1.21. The Hall–Kier alpha value is -1.68. The molecule has 2 aromatic rings. The van der Waals surface area contributed by atoms with E-state index in [0.717, 1.165) is 23.4 Å². The SMILES string of the molecule is Cn1cc(CCN)c2cc3c(cc21)OCCO3. The van der Waals surface area contributed by atoms with E-state index < -0.39 is 0 Å². The normalized spacial score (nSPS) is 14.2. The van der Waals surface area contributed by atoms with E-state index in [1.54, 1.807) is 0 Å². The van der Waals surface area contributed by atoms with Crippen molar-refractivity contribution in [2.45, 2.75) is 6.42 Å². The average molecular weight is 232 g/mol. The lowest BCUT2D eigenvalue weighted by atomic mass is 10.1. The number of aromatic nitrogens is 1. The molecule has 0 amide bonds. The summed E-state index contributed by atoms with van der Waals surface area (Å²) in [4.78, 5) is 0. The van der Waals surface area contributed by atoms with E-state index in [9.17, 15) is 0 Å². The fourth-order valence-corrected chi connectivity index (χ4v) is 2.35. The van der Waals surface area contributed by atoms with Crippen molar-refractivity contribution in [3.8, 4) is 11.5 Å². The molecular weight excluding hydrogens is 216 g/mol. The van der Waals surface area contributed by atoms with Gasteiger partial charge in [0.15, 0.2) is 11.5 Å². The van der Waals surface area contributed by atoms with Crippen LogP contribution in [0.15, 0.2) is 18.3 Å². The standard InChI is InChI=1S/C13H16N2O2/c1-15-8-9(2-3-14)10-6-12-13(7-11(10)15)17-5-4-16-12/h6-8H,2-5,14H2,1H3. The highest BCUT2D eigenvalue weighted by atomic mass is 16.6. The maximum absolute atomic E-state index is 5.63. The fraction of sp³-hybridized carbons (Fsp3) is 0.385. The second-order valence-electron chi connectivity index (χ2n) is 4.32. The van der Waals surface area contributed by atoms with Crippen molar-refractivity contribution in [1.82, 2.24) is 4.57 Å². The third-order valence-corrected chi connectivity index (χ3v) is 3.15. The van der Waals surface area contributed by atoms with Gasteiger partial charge >= 0.3 is 0 Å². The van der Waals surface area contributed by atoms with Crippen LogP contribution in [0.3, 0.4) is 0 Å². The summed E-state index contributed by atoms with van der Waals surface area (Å²) >= 11 is 0. The predicted octanol–water partition coefficient (Wildman–Crippen LogP) is 1.45. The predicted molar refractivity (Wildman–Crippen MR) is 66.7 cm³/mol. The van der Waals surface area contributed by atoms with E-state index in [4.69, 9.17) is 15.2 Å². The number of hydrogen-bond donors (Lipinski definition) is 1. The molecule has 1 aromatic carbocycles. The van der Waals surface area contributed by atoms with E-state index in [1.165, 1.54) is 10.9 Å². The number of aryl methyl sites for hydroxylation is 1. The first-order chi connectivity index (χ1) is 8.29. The summed E-state index contributed by atoms with van der Waals surface area (Å²) in [7, 11) is 2.04. The molecule has 0 saturated carbocycles. The van der Waals surface area contributed by atoms with Gasteiger partial charge in [-0.05, 0) is 24.6 Å². The van der Waals surface area contributed by atoms with Gasteiger partial charge < -0.3 is 19.8 Å². The minimum Gasteiger partial charge on any atom is -0.486 e. The van der Waals surface area contributed by atoms with Gasteiger partial charge in [-0.25, -0.2) is 0 Å². The van der Waals surface area contributed by atoms with Crippen LogP contribution in [0, 0.1) is 0 Å². The number of rotatable bonds is 2. The van der Waals surface area contributed by atoms with Crippen molar-refractivity contribution in [3.63, 3.8) is 0 Å². The quantitative estimate of drug-likeness (QED) is 0.852. The highest BCUT2D eigenvalue weighted by Gasteiger charge is 2.15. The molecule has 1 aromatic heterocycles. The number of nitrogens with zero attached hydrogens (tertiary/aromatic N) is 1. The third kappa shape index (κ3) is 1.65. The van der Waals surface area contributed by atoms with Crippen LogP contribution in [-0.2, 0) is 13.5 Å². The molecule has 3 rings (SSSR count). The van der Waals surface area contributed by atoms with E-state index in [2.05, 4.69) is 16.8 Å². The van der Waals surface area contributed by atoms with Gasteiger partial charge in [0.2, 0.25) is 0 Å². The minimum atomic E-state index is 0.623. The largest absolute Gasteiger partial charge is 0.486 e. The van der Waals surface area contributed by atoms with Crippen molar-refractivity contribution < 1.29 is 9.47 Å². The molecule has 0 bridgehead atoms. The van der Waals surface area contributed by atoms with E-state index in [1.807, 2.05) is 13.1 Å². The average Bonchev–Trinajstić information content (AvgIpc) is 2.64. The number of fused-ring (bicyclic) bond motifs is 2. The van der Waals surface area contributed by atoms with Crippen LogP contribution in [0.25, 0.3) is 10.9 Å². The Morgan fingerprint density at radius 3 is 2.65 bits per heavy atom. The van der Waals surface area contributed by atoms with Crippen LogP contribution in [-0.4, -0.2) is 24.3 Å². The summed E-state index contributed by atoms with van der Waals surface area (Å²) in [6, 6.07) is 4.11. The Labute approximate surface area is 99.9 Å².